The Morgan fingerprint density at radius 2 is 1.96 bits per heavy atom. The van der Waals surface area contributed by atoms with Crippen LogP contribution in [-0.2, 0) is 4.74 Å². The molecular formula is C20H24N4O3. The van der Waals surface area contributed by atoms with Gasteiger partial charge in [-0.25, -0.2) is 14.8 Å². The van der Waals surface area contributed by atoms with Crippen molar-refractivity contribution in [1.82, 2.24) is 9.97 Å². The van der Waals surface area contributed by atoms with Crippen molar-refractivity contribution in [2.24, 2.45) is 5.92 Å². The van der Waals surface area contributed by atoms with E-state index in [0.29, 0.717) is 28.7 Å². The van der Waals surface area contributed by atoms with Gasteiger partial charge in [-0.1, -0.05) is 6.92 Å². The van der Waals surface area contributed by atoms with E-state index >= 15 is 0 Å². The number of nitrogens with zero attached hydrogens (tertiary/aromatic N) is 3. The summed E-state index contributed by atoms with van der Waals surface area (Å²) in [7, 11) is 1.33. The Balaban J connectivity index is 1.75. The van der Waals surface area contributed by atoms with Crippen molar-refractivity contribution in [3.05, 3.63) is 47.4 Å². The molecule has 1 aromatic heterocycles. The number of benzene rings is 1. The second kappa shape index (κ2) is 8.16. The Hall–Kier alpha value is -2.96. The predicted molar refractivity (Wildman–Crippen MR) is 103 cm³/mol. The van der Waals surface area contributed by atoms with Gasteiger partial charge in [0.25, 0.3) is 5.91 Å². The van der Waals surface area contributed by atoms with Crippen LogP contribution in [0.5, 0.6) is 0 Å². The lowest BCUT2D eigenvalue weighted by molar-refractivity contribution is 0.0600. The van der Waals surface area contributed by atoms with Gasteiger partial charge >= 0.3 is 5.97 Å². The zero-order chi connectivity index (χ0) is 19.4. The second-order valence-electron chi connectivity index (χ2n) is 6.88. The molecule has 1 amide bonds. The van der Waals surface area contributed by atoms with Gasteiger partial charge in [-0.3, -0.25) is 4.79 Å². The van der Waals surface area contributed by atoms with Gasteiger partial charge in [0.1, 0.15) is 17.3 Å². The molecule has 1 saturated heterocycles. The summed E-state index contributed by atoms with van der Waals surface area (Å²) in [6.07, 6.45) is 2.34. The first-order valence-corrected chi connectivity index (χ1v) is 9.06. The molecule has 0 bridgehead atoms. The van der Waals surface area contributed by atoms with Gasteiger partial charge in [-0.05, 0) is 49.9 Å². The monoisotopic (exact) mass is 368 g/mol. The highest BCUT2D eigenvalue weighted by atomic mass is 16.5. The van der Waals surface area contributed by atoms with E-state index in [-0.39, 0.29) is 5.91 Å². The van der Waals surface area contributed by atoms with Crippen LogP contribution in [0.4, 0.5) is 11.5 Å². The van der Waals surface area contributed by atoms with Crippen molar-refractivity contribution in [2.75, 3.05) is 30.4 Å². The Kier molecular flexibility index (Phi) is 5.69. The molecule has 1 aromatic carbocycles. The number of carbonyl (C=O) groups excluding carboxylic acids is 2. The molecular weight excluding hydrogens is 344 g/mol. The minimum atomic E-state index is -0.417. The molecule has 3 rings (SSSR count). The van der Waals surface area contributed by atoms with E-state index in [1.165, 1.54) is 13.5 Å². The van der Waals surface area contributed by atoms with Crippen LogP contribution >= 0.6 is 0 Å². The number of anilines is 2. The highest BCUT2D eigenvalue weighted by molar-refractivity contribution is 6.03. The number of aryl methyl sites for hydroxylation is 1. The topological polar surface area (TPSA) is 84.4 Å². The zero-order valence-corrected chi connectivity index (χ0v) is 15.9. The van der Waals surface area contributed by atoms with E-state index in [2.05, 4.69) is 31.8 Å². The molecule has 1 atom stereocenters. The minimum absolute atomic E-state index is 0.308. The standard InChI is InChI=1S/C20H24N4O3/c1-13-5-4-10-24(12-13)18-11-17(21-14(2)22-18)19(25)23-16-8-6-15(7-9-16)20(26)27-3/h6-9,11,13H,4-5,10,12H2,1-3H3,(H,23,25). The van der Waals surface area contributed by atoms with Gasteiger partial charge in [0, 0.05) is 24.8 Å². The molecule has 0 radical (unpaired) electrons. The zero-order valence-electron chi connectivity index (χ0n) is 15.9. The third-order valence-corrected chi connectivity index (χ3v) is 4.60. The minimum Gasteiger partial charge on any atom is -0.465 e. The fourth-order valence-corrected chi connectivity index (χ4v) is 3.23. The van der Waals surface area contributed by atoms with Crippen LogP contribution in [0.15, 0.2) is 30.3 Å². The van der Waals surface area contributed by atoms with Crippen molar-refractivity contribution in [2.45, 2.75) is 26.7 Å². The van der Waals surface area contributed by atoms with Gasteiger partial charge in [-0.2, -0.15) is 0 Å². The SMILES string of the molecule is COC(=O)c1ccc(NC(=O)c2cc(N3CCCC(C)C3)nc(C)n2)cc1. The van der Waals surface area contributed by atoms with Gasteiger partial charge in [0.2, 0.25) is 0 Å². The smallest absolute Gasteiger partial charge is 0.337 e. The first-order chi connectivity index (χ1) is 13.0. The summed E-state index contributed by atoms with van der Waals surface area (Å²) < 4.78 is 4.67. The number of amides is 1. The third-order valence-electron chi connectivity index (χ3n) is 4.60. The molecule has 1 aliphatic rings. The molecule has 1 aliphatic heterocycles. The summed E-state index contributed by atoms with van der Waals surface area (Å²) in [5, 5.41) is 2.81. The maximum Gasteiger partial charge on any atom is 0.337 e. The normalized spacial score (nSPS) is 16.7. The van der Waals surface area contributed by atoms with E-state index in [9.17, 15) is 9.59 Å². The number of carbonyl (C=O) groups is 2. The van der Waals surface area contributed by atoms with Crippen LogP contribution in [0.1, 0.15) is 46.4 Å². The number of rotatable bonds is 4. The lowest BCUT2D eigenvalue weighted by Crippen LogP contribution is -2.35. The quantitative estimate of drug-likeness (QED) is 0.835. The summed E-state index contributed by atoms with van der Waals surface area (Å²) in [5.74, 6) is 1.24. The molecule has 142 valence electrons. The molecule has 2 aromatic rings. The second-order valence-corrected chi connectivity index (χ2v) is 6.88. The number of hydrogen-bond donors (Lipinski definition) is 1. The Morgan fingerprint density at radius 1 is 1.22 bits per heavy atom. The summed E-state index contributed by atoms with van der Waals surface area (Å²) in [4.78, 5) is 35.1. The number of ether oxygens (including phenoxy) is 1. The maximum atomic E-state index is 12.6. The highest BCUT2D eigenvalue weighted by Gasteiger charge is 2.20. The van der Waals surface area contributed by atoms with Crippen molar-refractivity contribution < 1.29 is 14.3 Å². The molecule has 1 unspecified atom stereocenters. The molecule has 0 aliphatic carbocycles. The van der Waals surface area contributed by atoms with E-state index in [1.807, 2.05) is 0 Å². The Labute approximate surface area is 158 Å². The van der Waals surface area contributed by atoms with Crippen LogP contribution in [0.25, 0.3) is 0 Å². The molecule has 7 heteroatoms. The molecule has 2 heterocycles. The average Bonchev–Trinajstić information content (AvgIpc) is 2.67. The van der Waals surface area contributed by atoms with Crippen molar-refractivity contribution in [3.8, 4) is 0 Å². The highest BCUT2D eigenvalue weighted by Crippen LogP contribution is 2.22. The first-order valence-electron chi connectivity index (χ1n) is 9.06. The van der Waals surface area contributed by atoms with E-state index in [1.54, 1.807) is 37.3 Å². The Bertz CT molecular complexity index is 836. The van der Waals surface area contributed by atoms with E-state index in [4.69, 9.17) is 0 Å². The van der Waals surface area contributed by atoms with Crippen LogP contribution in [0.2, 0.25) is 0 Å². The van der Waals surface area contributed by atoms with Gasteiger partial charge < -0.3 is 15.0 Å². The number of piperidine rings is 1. The van der Waals surface area contributed by atoms with Crippen LogP contribution in [0.3, 0.4) is 0 Å². The molecule has 1 fully saturated rings. The third kappa shape index (κ3) is 4.61. The van der Waals surface area contributed by atoms with Crippen molar-refractivity contribution in [3.63, 3.8) is 0 Å². The fourth-order valence-electron chi connectivity index (χ4n) is 3.23. The predicted octanol–water partition coefficient (Wildman–Crippen LogP) is 3.06. The van der Waals surface area contributed by atoms with E-state index in [0.717, 1.165) is 25.3 Å². The molecule has 1 N–H and O–H groups in total. The van der Waals surface area contributed by atoms with Crippen molar-refractivity contribution in [1.29, 1.82) is 0 Å². The van der Waals surface area contributed by atoms with Gasteiger partial charge in [0.05, 0.1) is 12.7 Å². The Morgan fingerprint density at radius 3 is 2.63 bits per heavy atom. The average molecular weight is 368 g/mol. The lowest BCUT2D eigenvalue weighted by atomic mass is 10.0. The number of nitrogens with one attached hydrogen (secondary N) is 1. The molecule has 0 saturated carbocycles. The van der Waals surface area contributed by atoms with Crippen LogP contribution in [-0.4, -0.2) is 42.0 Å². The summed E-state index contributed by atoms with van der Waals surface area (Å²) >= 11 is 0. The maximum absolute atomic E-state index is 12.6. The largest absolute Gasteiger partial charge is 0.465 e. The van der Waals surface area contributed by atoms with Crippen LogP contribution < -0.4 is 10.2 Å². The van der Waals surface area contributed by atoms with Gasteiger partial charge in [0.15, 0.2) is 0 Å². The molecule has 27 heavy (non-hydrogen) atoms. The number of esters is 1. The van der Waals surface area contributed by atoms with E-state index < -0.39 is 5.97 Å². The number of hydrogen-bond acceptors (Lipinski definition) is 6. The first kappa shape index (κ1) is 18.8. The summed E-state index contributed by atoms with van der Waals surface area (Å²) in [6.45, 7) is 5.90. The van der Waals surface area contributed by atoms with Crippen molar-refractivity contribution >= 4 is 23.4 Å². The van der Waals surface area contributed by atoms with Gasteiger partial charge in [-0.15, -0.1) is 0 Å². The summed E-state index contributed by atoms with van der Waals surface area (Å²) in [6, 6.07) is 8.26. The molecule has 7 nitrogen and oxygen atoms in total. The lowest BCUT2D eigenvalue weighted by Gasteiger charge is -2.32. The number of methoxy groups -OCH3 is 1. The van der Waals surface area contributed by atoms with Crippen LogP contribution in [0, 0.1) is 12.8 Å². The number of aromatic nitrogens is 2. The molecule has 0 spiro atoms. The fraction of sp³-hybridized carbons (Fsp3) is 0.400. The summed E-state index contributed by atoms with van der Waals surface area (Å²) in [5.41, 5.74) is 1.33.